The molecule has 168 valence electrons. The van der Waals surface area contributed by atoms with E-state index in [2.05, 4.69) is 5.32 Å². The number of fused-ring (bicyclic) bond motifs is 1. The third-order valence-electron chi connectivity index (χ3n) is 6.53. The number of carbonyl (C=O) groups excluding carboxylic acids is 1. The van der Waals surface area contributed by atoms with E-state index >= 15 is 0 Å². The predicted octanol–water partition coefficient (Wildman–Crippen LogP) is 3.26. The van der Waals surface area contributed by atoms with Gasteiger partial charge in [0.25, 0.3) is 5.91 Å². The minimum absolute atomic E-state index is 0.0781. The van der Waals surface area contributed by atoms with Gasteiger partial charge < -0.3 is 9.88 Å². The van der Waals surface area contributed by atoms with Crippen molar-refractivity contribution in [1.29, 1.82) is 0 Å². The average Bonchev–Trinajstić information content (AvgIpc) is 3.20. The van der Waals surface area contributed by atoms with Crippen LogP contribution in [0.25, 0.3) is 10.9 Å². The third-order valence-corrected chi connectivity index (χ3v) is 8.42. The molecule has 0 bridgehead atoms. The number of carbonyl (C=O) groups is 1. The molecule has 1 saturated heterocycles. The Hall–Kier alpha value is -2.19. The van der Waals surface area contributed by atoms with Gasteiger partial charge in [-0.15, -0.1) is 0 Å². The van der Waals surface area contributed by atoms with Gasteiger partial charge >= 0.3 is 0 Å². The summed E-state index contributed by atoms with van der Waals surface area (Å²) < 4.78 is 29.3. The first kappa shape index (κ1) is 22.0. The largest absolute Gasteiger partial charge is 0.349 e. The molecule has 7 nitrogen and oxygen atoms in total. The molecule has 0 spiro atoms. The second-order valence-corrected chi connectivity index (χ2v) is 10.5. The monoisotopic (exact) mass is 445 g/mol. The molecule has 0 radical (unpaired) electrons. The molecule has 0 unspecified atom stereocenters. The average molecular weight is 446 g/mol. The first-order chi connectivity index (χ1) is 14.9. The zero-order chi connectivity index (χ0) is 22.0. The fourth-order valence-electron chi connectivity index (χ4n) is 4.72. The van der Waals surface area contributed by atoms with Gasteiger partial charge in [-0.3, -0.25) is 9.59 Å². The van der Waals surface area contributed by atoms with Crippen molar-refractivity contribution in [3.63, 3.8) is 0 Å². The van der Waals surface area contributed by atoms with E-state index in [1.165, 1.54) is 23.2 Å². The Balaban J connectivity index is 1.73. The number of amides is 1. The quantitative estimate of drug-likeness (QED) is 0.716. The lowest BCUT2D eigenvalue weighted by Crippen LogP contribution is -2.37. The highest BCUT2D eigenvalue weighted by molar-refractivity contribution is 7.89. The summed E-state index contributed by atoms with van der Waals surface area (Å²) >= 11 is 0. The van der Waals surface area contributed by atoms with Crippen molar-refractivity contribution in [2.45, 2.75) is 75.8 Å². The summed E-state index contributed by atoms with van der Waals surface area (Å²) in [6.45, 7) is 3.51. The van der Waals surface area contributed by atoms with Crippen molar-refractivity contribution in [2.75, 3.05) is 13.1 Å². The number of rotatable bonds is 5. The maximum atomic E-state index is 13.3. The number of hydrogen-bond donors (Lipinski definition) is 1. The zero-order valence-corrected chi connectivity index (χ0v) is 18.9. The van der Waals surface area contributed by atoms with E-state index in [-0.39, 0.29) is 27.8 Å². The number of nitrogens with zero attached hydrogens (tertiary/aromatic N) is 2. The van der Waals surface area contributed by atoms with E-state index < -0.39 is 15.5 Å². The van der Waals surface area contributed by atoms with Gasteiger partial charge in [-0.25, -0.2) is 8.42 Å². The first-order valence-electron chi connectivity index (χ1n) is 11.4. The lowest BCUT2D eigenvalue weighted by atomic mass is 10.1. The minimum Gasteiger partial charge on any atom is -0.349 e. The fraction of sp³-hybridized carbons (Fsp3) is 0.565. The fourth-order valence-corrected chi connectivity index (χ4v) is 6.27. The Morgan fingerprint density at radius 1 is 1.06 bits per heavy atom. The van der Waals surface area contributed by atoms with Crippen LogP contribution in [0.2, 0.25) is 0 Å². The summed E-state index contributed by atoms with van der Waals surface area (Å²) in [6.07, 6.45) is 9.68. The topological polar surface area (TPSA) is 88.5 Å². The van der Waals surface area contributed by atoms with Gasteiger partial charge in [-0.2, -0.15) is 4.31 Å². The highest BCUT2D eigenvalue weighted by Gasteiger charge is 2.28. The van der Waals surface area contributed by atoms with Gasteiger partial charge in [0, 0.05) is 37.3 Å². The minimum atomic E-state index is -3.64. The molecule has 31 heavy (non-hydrogen) atoms. The Bertz CT molecular complexity index is 1130. The molecule has 8 heteroatoms. The van der Waals surface area contributed by atoms with E-state index in [4.69, 9.17) is 0 Å². The number of pyridine rings is 1. The summed E-state index contributed by atoms with van der Waals surface area (Å²) in [6, 6.07) is 4.77. The molecule has 1 saturated carbocycles. The van der Waals surface area contributed by atoms with Crippen molar-refractivity contribution in [3.8, 4) is 0 Å². The smallest absolute Gasteiger partial charge is 0.256 e. The van der Waals surface area contributed by atoms with Gasteiger partial charge in [0.15, 0.2) is 0 Å². The number of aromatic nitrogens is 1. The number of benzene rings is 1. The van der Waals surface area contributed by atoms with Crippen LogP contribution in [0.1, 0.15) is 68.6 Å². The molecule has 1 amide bonds. The van der Waals surface area contributed by atoms with E-state index in [0.717, 1.165) is 38.5 Å². The third kappa shape index (κ3) is 4.41. The highest BCUT2D eigenvalue weighted by atomic mass is 32.2. The zero-order valence-electron chi connectivity index (χ0n) is 18.1. The standard InChI is InChI=1S/C23H31N3O4S/c1-2-25-16-20(23(28)24-17-9-5-3-4-6-10-17)22(27)19-15-18(11-12-21(19)25)31(29,30)26-13-7-8-14-26/h11-12,15-17H,2-10,13-14H2,1H3,(H,24,28). The molecule has 1 aliphatic carbocycles. The maximum Gasteiger partial charge on any atom is 0.256 e. The molecule has 2 aromatic rings. The van der Waals surface area contributed by atoms with Crippen LogP contribution in [-0.2, 0) is 16.6 Å². The Morgan fingerprint density at radius 2 is 1.74 bits per heavy atom. The van der Waals surface area contributed by atoms with E-state index in [0.29, 0.717) is 25.2 Å². The normalized spacial score (nSPS) is 18.9. The van der Waals surface area contributed by atoms with Gasteiger partial charge in [0.05, 0.1) is 10.4 Å². The maximum absolute atomic E-state index is 13.3. The molecular weight excluding hydrogens is 414 g/mol. The van der Waals surface area contributed by atoms with E-state index in [1.54, 1.807) is 18.3 Å². The van der Waals surface area contributed by atoms with Crippen molar-refractivity contribution in [3.05, 3.63) is 40.2 Å². The van der Waals surface area contributed by atoms with Crippen LogP contribution in [0.15, 0.2) is 34.1 Å². The van der Waals surface area contributed by atoms with Crippen LogP contribution in [0, 0.1) is 0 Å². The molecule has 2 fully saturated rings. The second-order valence-electron chi connectivity index (χ2n) is 8.61. The molecule has 4 rings (SSSR count). The molecule has 1 aromatic heterocycles. The van der Waals surface area contributed by atoms with Crippen LogP contribution < -0.4 is 10.7 Å². The lowest BCUT2D eigenvalue weighted by molar-refractivity contribution is 0.0931. The lowest BCUT2D eigenvalue weighted by Gasteiger charge is -2.18. The van der Waals surface area contributed by atoms with Crippen LogP contribution in [0.4, 0.5) is 0 Å². The number of aryl methyl sites for hydroxylation is 1. The molecular formula is C23H31N3O4S. The number of hydrogen-bond acceptors (Lipinski definition) is 4. The SMILES string of the molecule is CCn1cc(C(=O)NC2CCCCCC2)c(=O)c2cc(S(=O)(=O)N3CCCC3)ccc21. The van der Waals surface area contributed by atoms with Crippen molar-refractivity contribution in [1.82, 2.24) is 14.2 Å². The Kier molecular flexibility index (Phi) is 6.48. The summed E-state index contributed by atoms with van der Waals surface area (Å²) in [4.78, 5) is 26.4. The molecule has 1 N–H and O–H groups in total. The summed E-state index contributed by atoms with van der Waals surface area (Å²) in [7, 11) is -3.64. The van der Waals surface area contributed by atoms with Crippen molar-refractivity contribution in [2.24, 2.45) is 0 Å². The molecule has 1 aromatic carbocycles. The number of sulfonamides is 1. The first-order valence-corrected chi connectivity index (χ1v) is 12.8. The molecule has 2 heterocycles. The van der Waals surface area contributed by atoms with Crippen LogP contribution >= 0.6 is 0 Å². The Labute approximate surface area is 183 Å². The second kappa shape index (κ2) is 9.12. The van der Waals surface area contributed by atoms with Gasteiger partial charge in [0.2, 0.25) is 15.5 Å². The van der Waals surface area contributed by atoms with Gasteiger partial charge in [-0.05, 0) is 50.8 Å². The summed E-state index contributed by atoms with van der Waals surface area (Å²) in [5.41, 5.74) is 0.303. The van der Waals surface area contributed by atoms with Crippen LogP contribution in [0.5, 0.6) is 0 Å². The Morgan fingerprint density at radius 3 is 2.39 bits per heavy atom. The molecule has 1 aliphatic heterocycles. The van der Waals surface area contributed by atoms with Gasteiger partial charge in [-0.1, -0.05) is 25.7 Å². The van der Waals surface area contributed by atoms with E-state index in [1.807, 2.05) is 11.5 Å². The molecule has 0 atom stereocenters. The highest BCUT2D eigenvalue weighted by Crippen LogP contribution is 2.24. The number of nitrogens with one attached hydrogen (secondary N) is 1. The van der Waals surface area contributed by atoms with Crippen LogP contribution in [-0.4, -0.2) is 42.3 Å². The van der Waals surface area contributed by atoms with Gasteiger partial charge in [0.1, 0.15) is 5.56 Å². The predicted molar refractivity (Wildman–Crippen MR) is 121 cm³/mol. The van der Waals surface area contributed by atoms with Crippen LogP contribution in [0.3, 0.4) is 0 Å². The summed E-state index contributed by atoms with van der Waals surface area (Å²) in [5, 5.41) is 3.32. The van der Waals surface area contributed by atoms with Crippen molar-refractivity contribution < 1.29 is 13.2 Å². The summed E-state index contributed by atoms with van der Waals surface area (Å²) in [5.74, 6) is -0.367. The van der Waals surface area contributed by atoms with Crippen molar-refractivity contribution >= 4 is 26.8 Å². The molecule has 2 aliphatic rings. The van der Waals surface area contributed by atoms with E-state index in [9.17, 15) is 18.0 Å².